The monoisotopic (exact) mass is 507 g/mol. The minimum atomic E-state index is -0.835. The van der Waals surface area contributed by atoms with Crippen LogP contribution in [0.2, 0.25) is 5.02 Å². The number of piperazine rings is 1. The van der Waals surface area contributed by atoms with Crippen LogP contribution in [0.1, 0.15) is 47.1 Å². The standard InChI is InChI=1S/C24H34ClN5O5/c1-23(2,3)34-21(32)27-16-11-15(13-26)12-17(19(16)25)29-9-10-30(22(33)35-24(4,5)6)18(14-29)20(31)28(7)8/h11-12,18H,9-10,14H2,1-8H3,(H,27,32). The molecule has 1 aromatic rings. The fraction of sp³-hybridized carbons (Fsp3) is 0.583. The van der Waals surface area contributed by atoms with Gasteiger partial charge in [0.25, 0.3) is 0 Å². The van der Waals surface area contributed by atoms with Crippen molar-refractivity contribution in [3.05, 3.63) is 22.7 Å². The lowest BCUT2D eigenvalue weighted by Crippen LogP contribution is -2.61. The van der Waals surface area contributed by atoms with Crippen molar-refractivity contribution in [3.63, 3.8) is 0 Å². The first kappa shape index (κ1) is 28.1. The Morgan fingerprint density at radius 2 is 1.69 bits per heavy atom. The molecule has 1 aromatic carbocycles. The lowest BCUT2D eigenvalue weighted by atomic mass is 10.1. The van der Waals surface area contributed by atoms with Gasteiger partial charge in [0.2, 0.25) is 5.91 Å². The smallest absolute Gasteiger partial charge is 0.412 e. The van der Waals surface area contributed by atoms with E-state index in [1.807, 2.05) is 4.90 Å². The number of ether oxygens (including phenoxy) is 2. The molecular formula is C24H34ClN5O5. The van der Waals surface area contributed by atoms with Gasteiger partial charge in [0, 0.05) is 33.7 Å². The molecule has 0 aliphatic carbocycles. The third-order valence-corrected chi connectivity index (χ3v) is 5.29. The number of hydrogen-bond donors (Lipinski definition) is 1. The Kier molecular flexibility index (Phi) is 8.50. The van der Waals surface area contributed by atoms with Crippen molar-refractivity contribution in [2.75, 3.05) is 43.9 Å². The summed E-state index contributed by atoms with van der Waals surface area (Å²) in [4.78, 5) is 42.8. The van der Waals surface area contributed by atoms with Gasteiger partial charge in [-0.05, 0) is 53.7 Å². The zero-order chi connectivity index (χ0) is 26.7. The number of rotatable bonds is 3. The summed E-state index contributed by atoms with van der Waals surface area (Å²) in [6.07, 6.45) is -1.29. The van der Waals surface area contributed by atoms with Crippen molar-refractivity contribution in [3.8, 4) is 6.07 Å². The number of nitrogens with zero attached hydrogens (tertiary/aromatic N) is 4. The maximum Gasteiger partial charge on any atom is 0.412 e. The molecule has 1 atom stereocenters. The van der Waals surface area contributed by atoms with Crippen LogP contribution in [0.4, 0.5) is 21.0 Å². The van der Waals surface area contributed by atoms with E-state index in [0.717, 1.165) is 0 Å². The van der Waals surface area contributed by atoms with E-state index in [-0.39, 0.29) is 35.3 Å². The number of amides is 3. The number of likely N-dealkylation sites (N-methyl/N-ethyl adjacent to an activating group) is 1. The zero-order valence-electron chi connectivity index (χ0n) is 21.6. The van der Waals surface area contributed by atoms with Gasteiger partial charge in [-0.2, -0.15) is 5.26 Å². The van der Waals surface area contributed by atoms with Gasteiger partial charge >= 0.3 is 12.2 Å². The second kappa shape index (κ2) is 10.6. The minimum absolute atomic E-state index is 0.122. The summed E-state index contributed by atoms with van der Waals surface area (Å²) < 4.78 is 10.8. The minimum Gasteiger partial charge on any atom is -0.444 e. The van der Waals surface area contributed by atoms with E-state index in [1.165, 1.54) is 15.9 Å². The van der Waals surface area contributed by atoms with Crippen LogP contribution in [-0.2, 0) is 14.3 Å². The predicted octanol–water partition coefficient (Wildman–Crippen LogP) is 4.07. The summed E-state index contributed by atoms with van der Waals surface area (Å²) in [5.74, 6) is -0.278. The van der Waals surface area contributed by atoms with Gasteiger partial charge in [0.15, 0.2) is 0 Å². The molecule has 11 heteroatoms. The topological polar surface area (TPSA) is 115 Å². The highest BCUT2D eigenvalue weighted by Gasteiger charge is 2.39. The molecule has 1 aliphatic rings. The van der Waals surface area contributed by atoms with Crippen molar-refractivity contribution in [2.24, 2.45) is 0 Å². The molecule has 35 heavy (non-hydrogen) atoms. The Balaban J connectivity index is 2.40. The van der Waals surface area contributed by atoms with Crippen LogP contribution >= 0.6 is 11.6 Å². The molecular weight excluding hydrogens is 474 g/mol. The fourth-order valence-electron chi connectivity index (χ4n) is 3.46. The molecule has 2 rings (SSSR count). The van der Waals surface area contributed by atoms with Crippen LogP contribution in [0.5, 0.6) is 0 Å². The second-order valence-corrected chi connectivity index (χ2v) is 10.8. The van der Waals surface area contributed by atoms with Gasteiger partial charge in [0.1, 0.15) is 17.2 Å². The van der Waals surface area contributed by atoms with E-state index in [9.17, 15) is 19.6 Å². The van der Waals surface area contributed by atoms with Crippen molar-refractivity contribution in [1.82, 2.24) is 9.80 Å². The normalized spacial score (nSPS) is 16.3. The fourth-order valence-corrected chi connectivity index (χ4v) is 3.73. The molecule has 1 fully saturated rings. The molecule has 1 heterocycles. The molecule has 1 unspecified atom stereocenters. The Hall–Kier alpha value is -3.19. The largest absolute Gasteiger partial charge is 0.444 e. The lowest BCUT2D eigenvalue weighted by Gasteiger charge is -2.42. The molecule has 1 N–H and O–H groups in total. The number of carbonyl (C=O) groups is 3. The summed E-state index contributed by atoms with van der Waals surface area (Å²) in [6.45, 7) is 11.1. The van der Waals surface area contributed by atoms with E-state index >= 15 is 0 Å². The van der Waals surface area contributed by atoms with Gasteiger partial charge < -0.3 is 19.3 Å². The van der Waals surface area contributed by atoms with Gasteiger partial charge in [-0.15, -0.1) is 0 Å². The van der Waals surface area contributed by atoms with Gasteiger partial charge in [-0.25, -0.2) is 9.59 Å². The molecule has 0 radical (unpaired) electrons. The van der Waals surface area contributed by atoms with E-state index in [1.54, 1.807) is 61.7 Å². The Bertz CT molecular complexity index is 1020. The summed E-state index contributed by atoms with van der Waals surface area (Å²) >= 11 is 6.64. The highest BCUT2D eigenvalue weighted by molar-refractivity contribution is 6.36. The van der Waals surface area contributed by atoms with Crippen LogP contribution in [0, 0.1) is 11.3 Å². The second-order valence-electron chi connectivity index (χ2n) is 10.5. The molecule has 1 aliphatic heterocycles. The summed E-state index contributed by atoms with van der Waals surface area (Å²) in [5.41, 5.74) is -0.506. The van der Waals surface area contributed by atoms with Crippen LogP contribution < -0.4 is 10.2 Å². The number of hydrogen-bond acceptors (Lipinski definition) is 7. The molecule has 0 aromatic heterocycles. The van der Waals surface area contributed by atoms with Crippen LogP contribution in [0.15, 0.2) is 12.1 Å². The molecule has 1 saturated heterocycles. The third-order valence-electron chi connectivity index (χ3n) is 4.89. The molecule has 192 valence electrons. The third kappa shape index (κ3) is 7.65. The SMILES string of the molecule is CN(C)C(=O)C1CN(c2cc(C#N)cc(NC(=O)OC(C)(C)C)c2Cl)CCN1C(=O)OC(C)(C)C. The first-order valence-electron chi connectivity index (χ1n) is 11.2. The number of carbonyl (C=O) groups excluding carboxylic acids is 3. The number of benzene rings is 1. The van der Waals surface area contributed by atoms with Crippen molar-refractivity contribution >= 4 is 41.1 Å². The highest BCUT2D eigenvalue weighted by Crippen LogP contribution is 2.36. The van der Waals surface area contributed by atoms with Crippen LogP contribution in [0.3, 0.4) is 0 Å². The summed E-state index contributed by atoms with van der Waals surface area (Å²) in [7, 11) is 3.22. The van der Waals surface area contributed by atoms with Crippen LogP contribution in [-0.4, -0.2) is 78.9 Å². The van der Waals surface area contributed by atoms with Gasteiger partial charge in [-0.1, -0.05) is 11.6 Å². The first-order valence-corrected chi connectivity index (χ1v) is 11.6. The van der Waals surface area contributed by atoms with Gasteiger partial charge in [-0.3, -0.25) is 15.0 Å². The van der Waals surface area contributed by atoms with E-state index in [2.05, 4.69) is 11.4 Å². The van der Waals surface area contributed by atoms with E-state index < -0.39 is 29.4 Å². The first-order chi connectivity index (χ1) is 16.0. The van der Waals surface area contributed by atoms with E-state index in [4.69, 9.17) is 21.1 Å². The molecule has 0 bridgehead atoms. The Morgan fingerprint density at radius 1 is 1.09 bits per heavy atom. The maximum atomic E-state index is 13.0. The average Bonchev–Trinajstić information content (AvgIpc) is 2.71. The molecule has 0 spiro atoms. The van der Waals surface area contributed by atoms with E-state index in [0.29, 0.717) is 12.2 Å². The van der Waals surface area contributed by atoms with Crippen molar-refractivity contribution < 1.29 is 23.9 Å². The lowest BCUT2D eigenvalue weighted by molar-refractivity contribution is -0.134. The molecule has 10 nitrogen and oxygen atoms in total. The van der Waals surface area contributed by atoms with Crippen molar-refractivity contribution in [2.45, 2.75) is 58.8 Å². The number of nitriles is 1. The number of anilines is 2. The number of halogens is 1. The summed E-state index contributed by atoms with van der Waals surface area (Å²) in [5, 5.41) is 12.3. The summed E-state index contributed by atoms with van der Waals surface area (Å²) in [6, 6.07) is 4.27. The number of nitrogens with one attached hydrogen (secondary N) is 1. The maximum absolute atomic E-state index is 13.0. The zero-order valence-corrected chi connectivity index (χ0v) is 22.3. The van der Waals surface area contributed by atoms with Crippen molar-refractivity contribution in [1.29, 1.82) is 5.26 Å². The Labute approximate surface area is 211 Å². The molecule has 3 amide bonds. The molecule has 0 saturated carbocycles. The van der Waals surface area contributed by atoms with Gasteiger partial charge in [0.05, 0.1) is 28.0 Å². The average molecular weight is 508 g/mol. The quantitative estimate of drug-likeness (QED) is 0.655. The van der Waals surface area contributed by atoms with Crippen LogP contribution in [0.25, 0.3) is 0 Å². The predicted molar refractivity (Wildman–Crippen MR) is 134 cm³/mol. The Morgan fingerprint density at radius 3 is 2.20 bits per heavy atom. The highest BCUT2D eigenvalue weighted by atomic mass is 35.5.